The fourth-order valence-electron chi connectivity index (χ4n) is 3.53. The SMILES string of the molecule is Cc1cc(NC(=O)C(c2ccccc2)N(C)Cc2nnc3n2CCOCC3)no1. The fourth-order valence-corrected chi connectivity index (χ4v) is 3.53. The van der Waals surface area contributed by atoms with E-state index in [1.165, 1.54) is 0 Å². The monoisotopic (exact) mass is 396 g/mol. The third kappa shape index (κ3) is 4.36. The van der Waals surface area contributed by atoms with Crippen LogP contribution in [0.5, 0.6) is 0 Å². The number of aryl methyl sites for hydroxylation is 1. The van der Waals surface area contributed by atoms with Crippen LogP contribution in [0, 0.1) is 6.92 Å². The number of carbonyl (C=O) groups excluding carboxylic acids is 1. The summed E-state index contributed by atoms with van der Waals surface area (Å²) >= 11 is 0. The van der Waals surface area contributed by atoms with E-state index in [1.54, 1.807) is 13.0 Å². The summed E-state index contributed by atoms with van der Waals surface area (Å²) < 4.78 is 12.7. The summed E-state index contributed by atoms with van der Waals surface area (Å²) in [5.74, 6) is 2.59. The molecule has 1 aromatic carbocycles. The summed E-state index contributed by atoms with van der Waals surface area (Å²) in [6, 6.07) is 10.8. The van der Waals surface area contributed by atoms with E-state index in [1.807, 2.05) is 42.3 Å². The molecule has 4 rings (SSSR count). The van der Waals surface area contributed by atoms with Crippen molar-refractivity contribution < 1.29 is 14.1 Å². The van der Waals surface area contributed by atoms with E-state index in [9.17, 15) is 4.79 Å². The predicted molar refractivity (Wildman–Crippen MR) is 105 cm³/mol. The molecule has 1 unspecified atom stereocenters. The van der Waals surface area contributed by atoms with Crippen LogP contribution in [0.15, 0.2) is 40.9 Å². The van der Waals surface area contributed by atoms with Crippen molar-refractivity contribution in [3.8, 4) is 0 Å². The molecule has 3 heterocycles. The number of benzene rings is 1. The van der Waals surface area contributed by atoms with Gasteiger partial charge in [-0.05, 0) is 19.5 Å². The summed E-state index contributed by atoms with van der Waals surface area (Å²) in [6.07, 6.45) is 0.741. The average Bonchev–Trinajstić information content (AvgIpc) is 3.20. The number of hydrogen-bond acceptors (Lipinski definition) is 7. The Hall–Kier alpha value is -3.04. The molecule has 1 amide bonds. The highest BCUT2D eigenvalue weighted by atomic mass is 16.5. The summed E-state index contributed by atoms with van der Waals surface area (Å²) in [7, 11) is 1.90. The molecule has 1 aliphatic rings. The van der Waals surface area contributed by atoms with Crippen LogP contribution in [0.3, 0.4) is 0 Å². The molecular formula is C20H24N6O3. The maximum Gasteiger partial charge on any atom is 0.247 e. The Balaban J connectivity index is 1.57. The largest absolute Gasteiger partial charge is 0.379 e. The van der Waals surface area contributed by atoms with E-state index < -0.39 is 6.04 Å². The van der Waals surface area contributed by atoms with Crippen LogP contribution in [-0.4, -0.2) is 51.0 Å². The van der Waals surface area contributed by atoms with Crippen molar-refractivity contribution in [1.82, 2.24) is 24.8 Å². The Labute approximate surface area is 168 Å². The Kier molecular flexibility index (Phi) is 5.68. The molecule has 29 heavy (non-hydrogen) atoms. The van der Waals surface area contributed by atoms with Crippen LogP contribution in [0.1, 0.15) is 29.0 Å². The molecule has 0 aliphatic carbocycles. The van der Waals surface area contributed by atoms with Gasteiger partial charge in [0, 0.05) is 19.0 Å². The van der Waals surface area contributed by atoms with E-state index in [0.717, 1.165) is 23.6 Å². The van der Waals surface area contributed by atoms with Crippen LogP contribution in [0.4, 0.5) is 5.82 Å². The van der Waals surface area contributed by atoms with Crippen molar-refractivity contribution in [2.45, 2.75) is 32.5 Å². The van der Waals surface area contributed by atoms with Crippen molar-refractivity contribution in [2.75, 3.05) is 25.6 Å². The van der Waals surface area contributed by atoms with Gasteiger partial charge in [-0.25, -0.2) is 0 Å². The summed E-state index contributed by atoms with van der Waals surface area (Å²) in [4.78, 5) is 15.1. The zero-order valence-electron chi connectivity index (χ0n) is 16.5. The molecule has 0 fully saturated rings. The number of carbonyl (C=O) groups is 1. The lowest BCUT2D eigenvalue weighted by Gasteiger charge is -2.27. The molecule has 2 aromatic heterocycles. The lowest BCUT2D eigenvalue weighted by atomic mass is 10.0. The van der Waals surface area contributed by atoms with E-state index in [0.29, 0.717) is 37.9 Å². The van der Waals surface area contributed by atoms with Crippen molar-refractivity contribution in [3.63, 3.8) is 0 Å². The zero-order valence-corrected chi connectivity index (χ0v) is 16.5. The third-order valence-electron chi connectivity index (χ3n) is 4.91. The van der Waals surface area contributed by atoms with Gasteiger partial charge >= 0.3 is 0 Å². The van der Waals surface area contributed by atoms with Gasteiger partial charge in [0.1, 0.15) is 23.5 Å². The quantitative estimate of drug-likeness (QED) is 0.680. The number of likely N-dealkylation sites (N-methyl/N-ethyl adjacent to an activating group) is 1. The summed E-state index contributed by atoms with van der Waals surface area (Å²) in [5.41, 5.74) is 0.881. The minimum Gasteiger partial charge on any atom is -0.379 e. The molecule has 3 aromatic rings. The average molecular weight is 396 g/mol. The van der Waals surface area contributed by atoms with E-state index >= 15 is 0 Å². The number of aromatic nitrogens is 4. The lowest BCUT2D eigenvalue weighted by Crippen LogP contribution is -2.35. The van der Waals surface area contributed by atoms with Gasteiger partial charge in [-0.15, -0.1) is 10.2 Å². The molecule has 0 bridgehead atoms. The Morgan fingerprint density at radius 2 is 2.10 bits per heavy atom. The summed E-state index contributed by atoms with van der Waals surface area (Å²) in [5, 5.41) is 15.4. The van der Waals surface area contributed by atoms with Gasteiger partial charge in [0.15, 0.2) is 5.82 Å². The lowest BCUT2D eigenvalue weighted by molar-refractivity contribution is -0.121. The van der Waals surface area contributed by atoms with Crippen molar-refractivity contribution >= 4 is 11.7 Å². The molecule has 9 nitrogen and oxygen atoms in total. The summed E-state index contributed by atoms with van der Waals surface area (Å²) in [6.45, 7) is 4.25. The first-order chi connectivity index (χ1) is 14.1. The molecule has 1 atom stereocenters. The van der Waals surface area contributed by atoms with Crippen molar-refractivity contribution in [1.29, 1.82) is 0 Å². The topological polar surface area (TPSA) is 98.3 Å². The molecule has 0 saturated heterocycles. The number of nitrogens with one attached hydrogen (secondary N) is 1. The second-order valence-corrected chi connectivity index (χ2v) is 7.09. The highest BCUT2D eigenvalue weighted by Crippen LogP contribution is 2.23. The smallest absolute Gasteiger partial charge is 0.247 e. The number of anilines is 1. The number of fused-ring (bicyclic) bond motifs is 1. The number of rotatable bonds is 6. The minimum absolute atomic E-state index is 0.189. The molecule has 1 N–H and O–H groups in total. The van der Waals surface area contributed by atoms with Gasteiger partial charge in [-0.2, -0.15) is 0 Å². The van der Waals surface area contributed by atoms with Crippen molar-refractivity contribution in [2.24, 2.45) is 0 Å². The van der Waals surface area contributed by atoms with Crippen LogP contribution in [0.25, 0.3) is 0 Å². The van der Waals surface area contributed by atoms with Gasteiger partial charge in [0.2, 0.25) is 5.91 Å². The van der Waals surface area contributed by atoms with Crippen LogP contribution in [0.2, 0.25) is 0 Å². The highest BCUT2D eigenvalue weighted by molar-refractivity contribution is 5.94. The standard InChI is InChI=1S/C20H24N6O3/c1-14-12-16(24-29-14)21-20(27)19(15-6-4-3-5-7-15)25(2)13-18-23-22-17-8-10-28-11-9-26(17)18/h3-7,12,19H,8-11,13H2,1-2H3,(H,21,24,27). The normalized spacial score (nSPS) is 15.0. The van der Waals surface area contributed by atoms with Gasteiger partial charge in [0.25, 0.3) is 0 Å². The maximum atomic E-state index is 13.1. The Bertz CT molecular complexity index is 968. The number of ether oxygens (including phenoxy) is 1. The van der Waals surface area contributed by atoms with Crippen LogP contribution in [-0.2, 0) is 29.0 Å². The number of hydrogen-bond donors (Lipinski definition) is 1. The predicted octanol–water partition coefficient (Wildman–Crippen LogP) is 1.96. The first-order valence-corrected chi connectivity index (χ1v) is 9.60. The first-order valence-electron chi connectivity index (χ1n) is 9.60. The highest BCUT2D eigenvalue weighted by Gasteiger charge is 2.28. The molecule has 1 aliphatic heterocycles. The molecule has 0 saturated carbocycles. The second-order valence-electron chi connectivity index (χ2n) is 7.09. The van der Waals surface area contributed by atoms with E-state index in [-0.39, 0.29) is 5.91 Å². The first kappa shape index (κ1) is 19.3. The molecule has 152 valence electrons. The van der Waals surface area contributed by atoms with Crippen molar-refractivity contribution in [3.05, 3.63) is 59.4 Å². The second kappa shape index (κ2) is 8.54. The zero-order chi connectivity index (χ0) is 20.2. The Morgan fingerprint density at radius 3 is 2.86 bits per heavy atom. The number of nitrogens with zero attached hydrogens (tertiary/aromatic N) is 5. The fraction of sp³-hybridized carbons (Fsp3) is 0.400. The molecular weight excluding hydrogens is 372 g/mol. The maximum absolute atomic E-state index is 13.1. The van der Waals surface area contributed by atoms with Crippen LogP contribution >= 0.6 is 0 Å². The van der Waals surface area contributed by atoms with Gasteiger partial charge in [-0.1, -0.05) is 35.5 Å². The third-order valence-corrected chi connectivity index (χ3v) is 4.91. The minimum atomic E-state index is -0.525. The van der Waals surface area contributed by atoms with E-state index in [4.69, 9.17) is 9.26 Å². The van der Waals surface area contributed by atoms with Gasteiger partial charge in [0.05, 0.1) is 19.8 Å². The van der Waals surface area contributed by atoms with E-state index in [2.05, 4.69) is 25.2 Å². The van der Waals surface area contributed by atoms with Crippen LogP contribution < -0.4 is 5.32 Å². The molecule has 9 heteroatoms. The molecule has 0 radical (unpaired) electrons. The van der Waals surface area contributed by atoms with Gasteiger partial charge in [-0.3, -0.25) is 9.69 Å². The van der Waals surface area contributed by atoms with Gasteiger partial charge < -0.3 is 19.1 Å². The molecule has 0 spiro atoms. The Morgan fingerprint density at radius 1 is 1.28 bits per heavy atom. The number of amides is 1.